The molecular weight excluding hydrogens is 174 g/mol. The zero-order valence-corrected chi connectivity index (χ0v) is 9.97. The third-order valence-corrected chi connectivity index (χ3v) is 3.48. The van der Waals surface area contributed by atoms with Crippen molar-refractivity contribution in [1.82, 2.24) is 4.90 Å². The van der Waals surface area contributed by atoms with Gasteiger partial charge in [-0.05, 0) is 31.8 Å². The van der Waals surface area contributed by atoms with Gasteiger partial charge < -0.3 is 4.90 Å². The summed E-state index contributed by atoms with van der Waals surface area (Å²) in [4.78, 5) is 13.8. The van der Waals surface area contributed by atoms with Gasteiger partial charge in [-0.3, -0.25) is 4.79 Å². The standard InChI is InChI=1S/C12H23NO/c1-5-8-13(4)11-9-10(14)6-7-12(11,2)3/h11H,5-9H2,1-4H3. The van der Waals surface area contributed by atoms with Crippen LogP contribution in [0.4, 0.5) is 0 Å². The highest BCUT2D eigenvalue weighted by Gasteiger charge is 2.37. The van der Waals surface area contributed by atoms with Gasteiger partial charge >= 0.3 is 0 Å². The largest absolute Gasteiger partial charge is 0.302 e. The number of hydrogen-bond donors (Lipinski definition) is 0. The Morgan fingerprint density at radius 3 is 2.71 bits per heavy atom. The van der Waals surface area contributed by atoms with Crippen molar-refractivity contribution < 1.29 is 4.79 Å². The lowest BCUT2D eigenvalue weighted by atomic mass is 9.72. The third kappa shape index (κ3) is 2.57. The molecule has 1 aliphatic carbocycles. The molecule has 1 saturated carbocycles. The van der Waals surface area contributed by atoms with E-state index in [0.29, 0.717) is 17.2 Å². The van der Waals surface area contributed by atoms with Crippen molar-refractivity contribution >= 4 is 5.78 Å². The molecule has 1 unspecified atom stereocenters. The molecule has 14 heavy (non-hydrogen) atoms. The van der Waals surface area contributed by atoms with E-state index < -0.39 is 0 Å². The van der Waals surface area contributed by atoms with Crippen LogP contribution >= 0.6 is 0 Å². The Bertz CT molecular complexity index is 210. The molecule has 1 aliphatic rings. The predicted molar refractivity (Wildman–Crippen MR) is 59.3 cm³/mol. The Balaban J connectivity index is 2.66. The van der Waals surface area contributed by atoms with Crippen LogP contribution in [0, 0.1) is 5.41 Å². The first-order chi connectivity index (χ1) is 6.47. The summed E-state index contributed by atoms with van der Waals surface area (Å²) in [5.74, 6) is 0.442. The maximum Gasteiger partial charge on any atom is 0.134 e. The fourth-order valence-corrected chi connectivity index (χ4v) is 2.48. The second kappa shape index (κ2) is 4.43. The van der Waals surface area contributed by atoms with Gasteiger partial charge in [-0.15, -0.1) is 0 Å². The minimum absolute atomic E-state index is 0.303. The minimum Gasteiger partial charge on any atom is -0.302 e. The average Bonchev–Trinajstić information content (AvgIpc) is 2.10. The van der Waals surface area contributed by atoms with E-state index in [4.69, 9.17) is 0 Å². The predicted octanol–water partition coefficient (Wildman–Crippen LogP) is 2.48. The molecule has 0 aromatic rings. The minimum atomic E-state index is 0.303. The third-order valence-electron chi connectivity index (χ3n) is 3.48. The van der Waals surface area contributed by atoms with Gasteiger partial charge in [0.05, 0.1) is 0 Å². The zero-order chi connectivity index (χ0) is 10.8. The maximum absolute atomic E-state index is 11.4. The molecule has 0 N–H and O–H groups in total. The normalized spacial score (nSPS) is 26.9. The van der Waals surface area contributed by atoms with Gasteiger partial charge in [0, 0.05) is 18.9 Å². The molecule has 0 bridgehead atoms. The Kier molecular flexibility index (Phi) is 3.71. The first kappa shape index (κ1) is 11.7. The molecule has 2 heteroatoms. The molecule has 2 nitrogen and oxygen atoms in total. The number of ketones is 1. The summed E-state index contributed by atoms with van der Waals surface area (Å²) in [5, 5.41) is 0. The van der Waals surface area contributed by atoms with E-state index in [1.54, 1.807) is 0 Å². The fourth-order valence-electron chi connectivity index (χ4n) is 2.48. The van der Waals surface area contributed by atoms with E-state index in [1.165, 1.54) is 0 Å². The van der Waals surface area contributed by atoms with Crippen molar-refractivity contribution in [3.05, 3.63) is 0 Å². The van der Waals surface area contributed by atoms with Gasteiger partial charge in [-0.1, -0.05) is 20.8 Å². The summed E-state index contributed by atoms with van der Waals surface area (Å²) in [5.41, 5.74) is 0.303. The van der Waals surface area contributed by atoms with E-state index in [0.717, 1.165) is 32.2 Å². The van der Waals surface area contributed by atoms with Gasteiger partial charge in [0.2, 0.25) is 0 Å². The lowest BCUT2D eigenvalue weighted by Gasteiger charge is -2.43. The van der Waals surface area contributed by atoms with Crippen molar-refractivity contribution in [2.75, 3.05) is 13.6 Å². The lowest BCUT2D eigenvalue weighted by Crippen LogP contribution is -2.47. The van der Waals surface area contributed by atoms with Crippen molar-refractivity contribution in [2.45, 2.75) is 52.5 Å². The summed E-state index contributed by atoms with van der Waals surface area (Å²) in [6.07, 6.45) is 3.74. The molecule has 0 radical (unpaired) electrons. The fraction of sp³-hybridized carbons (Fsp3) is 0.917. The van der Waals surface area contributed by atoms with Gasteiger partial charge in [-0.2, -0.15) is 0 Å². The van der Waals surface area contributed by atoms with Crippen LogP contribution in [0.1, 0.15) is 46.5 Å². The van der Waals surface area contributed by atoms with E-state index in [1.807, 2.05) is 0 Å². The quantitative estimate of drug-likeness (QED) is 0.692. The summed E-state index contributed by atoms with van der Waals surface area (Å²) >= 11 is 0. The number of nitrogens with zero attached hydrogens (tertiary/aromatic N) is 1. The van der Waals surface area contributed by atoms with Gasteiger partial charge in [0.15, 0.2) is 0 Å². The zero-order valence-electron chi connectivity index (χ0n) is 9.97. The lowest BCUT2D eigenvalue weighted by molar-refractivity contribution is -0.125. The van der Waals surface area contributed by atoms with Crippen LogP contribution < -0.4 is 0 Å². The van der Waals surface area contributed by atoms with Crippen LogP contribution in [-0.4, -0.2) is 30.3 Å². The number of hydrogen-bond acceptors (Lipinski definition) is 2. The number of carbonyl (C=O) groups is 1. The van der Waals surface area contributed by atoms with Crippen LogP contribution in [0.25, 0.3) is 0 Å². The molecular formula is C12H23NO. The Hall–Kier alpha value is -0.370. The summed E-state index contributed by atoms with van der Waals surface area (Å²) in [6.45, 7) is 7.86. The SMILES string of the molecule is CCCN(C)C1CC(=O)CCC1(C)C. The highest BCUT2D eigenvalue weighted by Crippen LogP contribution is 2.36. The molecule has 0 aromatic carbocycles. The smallest absolute Gasteiger partial charge is 0.134 e. The van der Waals surface area contributed by atoms with Crippen LogP contribution in [0.3, 0.4) is 0 Å². The molecule has 0 heterocycles. The van der Waals surface area contributed by atoms with Gasteiger partial charge in [-0.25, -0.2) is 0 Å². The van der Waals surface area contributed by atoms with Crippen molar-refractivity contribution in [2.24, 2.45) is 5.41 Å². The molecule has 0 aromatic heterocycles. The average molecular weight is 197 g/mol. The monoisotopic (exact) mass is 197 g/mol. The number of Topliss-reactive ketones (excluding diaryl/α,β-unsaturated/α-hetero) is 1. The molecule has 0 saturated heterocycles. The number of rotatable bonds is 3. The molecule has 1 fully saturated rings. The van der Waals surface area contributed by atoms with Crippen LogP contribution in [0.5, 0.6) is 0 Å². The molecule has 1 rings (SSSR count). The first-order valence-corrected chi connectivity index (χ1v) is 5.69. The molecule has 0 amide bonds. The van der Waals surface area contributed by atoms with E-state index >= 15 is 0 Å². The topological polar surface area (TPSA) is 20.3 Å². The highest BCUT2D eigenvalue weighted by atomic mass is 16.1. The highest BCUT2D eigenvalue weighted by molar-refractivity contribution is 5.80. The van der Waals surface area contributed by atoms with Crippen LogP contribution in [0.15, 0.2) is 0 Å². The molecule has 0 aliphatic heterocycles. The number of carbonyl (C=O) groups excluding carboxylic acids is 1. The van der Waals surface area contributed by atoms with E-state index in [9.17, 15) is 4.79 Å². The Morgan fingerprint density at radius 2 is 2.14 bits per heavy atom. The summed E-state index contributed by atoms with van der Waals surface area (Å²) < 4.78 is 0. The molecule has 0 spiro atoms. The first-order valence-electron chi connectivity index (χ1n) is 5.69. The van der Waals surface area contributed by atoms with Crippen molar-refractivity contribution in [1.29, 1.82) is 0 Å². The second-order valence-electron chi connectivity index (χ2n) is 5.23. The summed E-state index contributed by atoms with van der Waals surface area (Å²) in [6, 6.07) is 0.448. The Labute approximate surface area is 87.7 Å². The molecule has 1 atom stereocenters. The maximum atomic E-state index is 11.4. The Morgan fingerprint density at radius 1 is 1.50 bits per heavy atom. The summed E-state index contributed by atoms with van der Waals surface area (Å²) in [7, 11) is 2.15. The van der Waals surface area contributed by atoms with Gasteiger partial charge in [0.1, 0.15) is 5.78 Å². The second-order valence-corrected chi connectivity index (χ2v) is 5.23. The van der Waals surface area contributed by atoms with Crippen molar-refractivity contribution in [3.63, 3.8) is 0 Å². The van der Waals surface area contributed by atoms with Crippen LogP contribution in [0.2, 0.25) is 0 Å². The van der Waals surface area contributed by atoms with Gasteiger partial charge in [0.25, 0.3) is 0 Å². The van der Waals surface area contributed by atoms with E-state index in [-0.39, 0.29) is 0 Å². The molecule has 82 valence electrons. The van der Waals surface area contributed by atoms with Crippen LogP contribution in [-0.2, 0) is 4.79 Å². The van der Waals surface area contributed by atoms with Crippen molar-refractivity contribution in [3.8, 4) is 0 Å². The van der Waals surface area contributed by atoms with E-state index in [2.05, 4.69) is 32.7 Å².